The number of hydrogen-bond acceptors (Lipinski definition) is 3. The van der Waals surface area contributed by atoms with E-state index in [1.165, 1.54) is 18.2 Å². The highest BCUT2D eigenvalue weighted by atomic mass is 19.1. The Bertz CT molecular complexity index is 963. The lowest BCUT2D eigenvalue weighted by Gasteiger charge is -2.37. The number of aromatic nitrogens is 1. The fourth-order valence-corrected chi connectivity index (χ4v) is 3.36. The van der Waals surface area contributed by atoms with Crippen molar-refractivity contribution in [2.75, 3.05) is 0 Å². The van der Waals surface area contributed by atoms with Gasteiger partial charge in [-0.3, -0.25) is 4.98 Å². The predicted molar refractivity (Wildman–Crippen MR) is 96.5 cm³/mol. The average molecular weight is 372 g/mol. The monoisotopic (exact) mass is 372 g/mol. The van der Waals surface area contributed by atoms with E-state index in [1.807, 2.05) is 6.07 Å². The smallest absolute Gasteiger partial charge is 0.131 e. The lowest BCUT2D eigenvalue weighted by Crippen LogP contribution is -2.49. The summed E-state index contributed by atoms with van der Waals surface area (Å²) in [5.74, 6) is -1.47. The molecule has 0 bridgehead atoms. The molecule has 3 aromatic rings. The summed E-state index contributed by atoms with van der Waals surface area (Å²) in [6.07, 6.45) is 5.05. The highest BCUT2D eigenvalue weighted by Gasteiger charge is 2.31. The van der Waals surface area contributed by atoms with E-state index in [4.69, 9.17) is 4.74 Å². The summed E-state index contributed by atoms with van der Waals surface area (Å²) in [5.41, 5.74) is 0.930. The van der Waals surface area contributed by atoms with Crippen LogP contribution in [0, 0.1) is 17.5 Å². The van der Waals surface area contributed by atoms with Crippen LogP contribution in [0.5, 0.6) is 0 Å². The molecule has 3 nitrogen and oxygen atoms in total. The van der Waals surface area contributed by atoms with E-state index in [2.05, 4.69) is 10.3 Å². The summed E-state index contributed by atoms with van der Waals surface area (Å²) in [6, 6.07) is 8.52. The number of halogens is 3. The molecular weight excluding hydrogens is 353 g/mol. The first-order valence-electron chi connectivity index (χ1n) is 8.92. The molecule has 0 amide bonds. The Hall–Kier alpha value is -2.44. The third kappa shape index (κ3) is 3.82. The Morgan fingerprint density at radius 2 is 1.93 bits per heavy atom. The van der Waals surface area contributed by atoms with E-state index in [1.54, 1.807) is 18.5 Å². The van der Waals surface area contributed by atoms with Crippen molar-refractivity contribution in [2.45, 2.75) is 38.1 Å². The molecule has 1 heterocycles. The summed E-state index contributed by atoms with van der Waals surface area (Å²) < 4.78 is 46.7. The summed E-state index contributed by atoms with van der Waals surface area (Å²) >= 11 is 0. The number of benzene rings is 2. The van der Waals surface area contributed by atoms with Crippen LogP contribution >= 0.6 is 0 Å². The van der Waals surface area contributed by atoms with Crippen molar-refractivity contribution in [1.82, 2.24) is 10.3 Å². The van der Waals surface area contributed by atoms with Gasteiger partial charge in [-0.2, -0.15) is 0 Å². The van der Waals surface area contributed by atoms with Gasteiger partial charge in [0.05, 0.1) is 12.7 Å². The van der Waals surface area contributed by atoms with Crippen LogP contribution in [0.25, 0.3) is 10.8 Å². The lowest BCUT2D eigenvalue weighted by atomic mass is 9.88. The fourth-order valence-electron chi connectivity index (χ4n) is 3.36. The highest BCUT2D eigenvalue weighted by molar-refractivity contribution is 5.84. The van der Waals surface area contributed by atoms with Gasteiger partial charge in [-0.15, -0.1) is 0 Å². The molecule has 4 rings (SSSR count). The number of hydrogen-bond donors (Lipinski definition) is 1. The quantitative estimate of drug-likeness (QED) is 0.692. The third-order valence-corrected chi connectivity index (χ3v) is 5.09. The topological polar surface area (TPSA) is 34.1 Å². The Morgan fingerprint density at radius 1 is 1.04 bits per heavy atom. The Kier molecular flexibility index (Phi) is 5.09. The van der Waals surface area contributed by atoms with Gasteiger partial charge in [0, 0.05) is 47.6 Å². The Labute approximate surface area is 155 Å². The van der Waals surface area contributed by atoms with Gasteiger partial charge in [0.2, 0.25) is 0 Å². The predicted octanol–water partition coefficient (Wildman–Crippen LogP) is 4.49. The maximum Gasteiger partial charge on any atom is 0.131 e. The van der Waals surface area contributed by atoms with E-state index in [0.29, 0.717) is 17.7 Å². The molecule has 27 heavy (non-hydrogen) atoms. The van der Waals surface area contributed by atoms with E-state index >= 15 is 0 Å². The molecule has 0 spiro atoms. The van der Waals surface area contributed by atoms with Gasteiger partial charge in [0.1, 0.15) is 17.5 Å². The van der Waals surface area contributed by atoms with Crippen LogP contribution in [0.3, 0.4) is 0 Å². The van der Waals surface area contributed by atoms with Crippen LogP contribution < -0.4 is 5.32 Å². The normalized spacial score (nSPS) is 19.2. The SMILES string of the molecule is Fc1ccc(CO[C@@H]2CC[C@H]2NCc2c(F)ccc3cnccc23)c(F)c1. The maximum absolute atomic E-state index is 14.3. The molecule has 2 aromatic carbocycles. The summed E-state index contributed by atoms with van der Waals surface area (Å²) in [6.45, 7) is 0.464. The molecule has 140 valence electrons. The van der Waals surface area contributed by atoms with Crippen LogP contribution in [0.15, 0.2) is 48.8 Å². The van der Waals surface area contributed by atoms with Crippen LogP contribution in [-0.4, -0.2) is 17.1 Å². The average Bonchev–Trinajstić information content (AvgIpc) is 2.64. The molecule has 0 saturated heterocycles. The van der Waals surface area contributed by atoms with Gasteiger partial charge in [-0.1, -0.05) is 6.07 Å². The summed E-state index contributed by atoms with van der Waals surface area (Å²) in [5, 5.41) is 5.07. The van der Waals surface area contributed by atoms with Crippen LogP contribution in [0.4, 0.5) is 13.2 Å². The van der Waals surface area contributed by atoms with Gasteiger partial charge in [0.15, 0.2) is 0 Å². The zero-order valence-electron chi connectivity index (χ0n) is 14.6. The largest absolute Gasteiger partial charge is 0.372 e. The zero-order chi connectivity index (χ0) is 18.8. The summed E-state index contributed by atoms with van der Waals surface area (Å²) in [4.78, 5) is 4.07. The summed E-state index contributed by atoms with van der Waals surface area (Å²) in [7, 11) is 0. The van der Waals surface area contributed by atoms with Gasteiger partial charge in [-0.25, -0.2) is 13.2 Å². The van der Waals surface area contributed by atoms with Crippen molar-refractivity contribution in [3.63, 3.8) is 0 Å². The van der Waals surface area contributed by atoms with E-state index in [0.717, 1.165) is 29.7 Å². The van der Waals surface area contributed by atoms with Crippen molar-refractivity contribution in [3.8, 4) is 0 Å². The van der Waals surface area contributed by atoms with Crippen molar-refractivity contribution in [1.29, 1.82) is 0 Å². The second-order valence-electron chi connectivity index (χ2n) is 6.77. The number of nitrogens with zero attached hydrogens (tertiary/aromatic N) is 1. The number of fused-ring (bicyclic) bond motifs is 1. The van der Waals surface area contributed by atoms with E-state index < -0.39 is 11.6 Å². The van der Waals surface area contributed by atoms with Crippen molar-refractivity contribution >= 4 is 10.8 Å². The van der Waals surface area contributed by atoms with Crippen LogP contribution in [0.2, 0.25) is 0 Å². The first-order valence-corrected chi connectivity index (χ1v) is 8.92. The minimum Gasteiger partial charge on any atom is -0.372 e. The molecule has 1 saturated carbocycles. The first kappa shape index (κ1) is 17.9. The molecule has 1 aliphatic rings. The second-order valence-corrected chi connectivity index (χ2v) is 6.77. The minimum atomic E-state index is -0.606. The van der Waals surface area contributed by atoms with Gasteiger partial charge >= 0.3 is 0 Å². The molecule has 1 aromatic heterocycles. The molecule has 6 heteroatoms. The van der Waals surface area contributed by atoms with Gasteiger partial charge < -0.3 is 10.1 Å². The molecule has 1 fully saturated rings. The molecule has 2 atom stereocenters. The molecule has 0 radical (unpaired) electrons. The Morgan fingerprint density at radius 3 is 2.70 bits per heavy atom. The molecule has 0 unspecified atom stereocenters. The molecule has 1 N–H and O–H groups in total. The second kappa shape index (κ2) is 7.66. The molecular formula is C21H19F3N2O. The lowest BCUT2D eigenvalue weighted by molar-refractivity contribution is -0.0373. The van der Waals surface area contributed by atoms with Crippen LogP contribution in [-0.2, 0) is 17.9 Å². The maximum atomic E-state index is 14.3. The minimum absolute atomic E-state index is 0.0741. The van der Waals surface area contributed by atoms with Gasteiger partial charge in [-0.05, 0) is 42.5 Å². The van der Waals surface area contributed by atoms with Crippen molar-refractivity contribution < 1.29 is 17.9 Å². The number of ether oxygens (including phenoxy) is 1. The fraction of sp³-hybridized carbons (Fsp3) is 0.286. The highest BCUT2D eigenvalue weighted by Crippen LogP contribution is 2.27. The number of nitrogens with one attached hydrogen (secondary N) is 1. The first-order chi connectivity index (χ1) is 13.1. The standard InChI is InChI=1S/C21H19F3N2O/c22-15-3-1-14(19(24)9-15)12-27-21-6-5-20(21)26-11-17-16-7-8-25-10-13(16)2-4-18(17)23/h1-4,7-10,20-21,26H,5-6,11-12H2/t20-,21-/m1/s1. The third-order valence-electron chi connectivity index (χ3n) is 5.09. The molecule has 1 aliphatic carbocycles. The van der Waals surface area contributed by atoms with Crippen molar-refractivity contribution in [2.24, 2.45) is 0 Å². The molecule has 0 aliphatic heterocycles. The Balaban J connectivity index is 1.38. The van der Waals surface area contributed by atoms with Crippen LogP contribution in [0.1, 0.15) is 24.0 Å². The number of pyridine rings is 1. The van der Waals surface area contributed by atoms with E-state index in [9.17, 15) is 13.2 Å². The van der Waals surface area contributed by atoms with Crippen molar-refractivity contribution in [3.05, 3.63) is 77.4 Å². The number of rotatable bonds is 6. The van der Waals surface area contributed by atoms with E-state index in [-0.39, 0.29) is 24.6 Å². The zero-order valence-corrected chi connectivity index (χ0v) is 14.6. The van der Waals surface area contributed by atoms with Gasteiger partial charge in [0.25, 0.3) is 0 Å².